The number of nitrogens with one attached hydrogen (secondary N) is 1. The molecule has 1 saturated carbocycles. The number of hydrogen-bond donors (Lipinski definition) is 1. The molecule has 0 bridgehead atoms. The maximum atomic E-state index is 13.3. The Bertz CT molecular complexity index is 997. The molecule has 1 N–H and O–H groups in total. The summed E-state index contributed by atoms with van der Waals surface area (Å²) in [7, 11) is 0. The molecule has 3 aromatic heterocycles. The van der Waals surface area contributed by atoms with Crippen LogP contribution < -0.4 is 0 Å². The highest BCUT2D eigenvalue weighted by Gasteiger charge is 2.30. The summed E-state index contributed by atoms with van der Waals surface area (Å²) in [6.07, 6.45) is 6.80. The van der Waals surface area contributed by atoms with Gasteiger partial charge in [-0.1, -0.05) is 0 Å². The molecule has 2 aliphatic rings. The molecule has 1 fully saturated rings. The van der Waals surface area contributed by atoms with Gasteiger partial charge in [-0.15, -0.1) is 0 Å². The topological polar surface area (TPSA) is 79.7 Å². The molecular weight excluding hydrogens is 328 g/mol. The molecule has 7 nitrogen and oxygen atoms in total. The Hall–Kier alpha value is -2.70. The molecule has 3 aromatic rings. The first-order valence-electron chi connectivity index (χ1n) is 9.30. The number of aromatic amines is 1. The number of amides is 1. The molecule has 26 heavy (non-hydrogen) atoms. The smallest absolute Gasteiger partial charge is 0.255 e. The van der Waals surface area contributed by atoms with Gasteiger partial charge in [-0.25, -0.2) is 9.67 Å². The third-order valence-corrected chi connectivity index (χ3v) is 5.40. The maximum Gasteiger partial charge on any atom is 0.255 e. The first-order valence-corrected chi connectivity index (χ1v) is 9.30. The minimum Gasteiger partial charge on any atom is -0.332 e. The van der Waals surface area contributed by atoms with Gasteiger partial charge in [0, 0.05) is 24.2 Å². The van der Waals surface area contributed by atoms with E-state index in [9.17, 15) is 4.79 Å². The summed E-state index contributed by atoms with van der Waals surface area (Å²) in [4.78, 5) is 20.1. The van der Waals surface area contributed by atoms with Crippen molar-refractivity contribution in [2.75, 3.05) is 6.54 Å². The fourth-order valence-corrected chi connectivity index (χ4v) is 3.74. The van der Waals surface area contributed by atoms with E-state index in [0.29, 0.717) is 19.0 Å². The highest BCUT2D eigenvalue weighted by molar-refractivity contribution is 6.05. The zero-order chi connectivity index (χ0) is 17.8. The van der Waals surface area contributed by atoms with E-state index in [1.54, 1.807) is 6.20 Å². The Morgan fingerprint density at radius 1 is 1.31 bits per heavy atom. The Labute approximate surface area is 151 Å². The quantitative estimate of drug-likeness (QED) is 0.788. The molecule has 0 aromatic carbocycles. The summed E-state index contributed by atoms with van der Waals surface area (Å²) in [5.41, 5.74) is 4.83. The van der Waals surface area contributed by atoms with Crippen molar-refractivity contribution in [2.24, 2.45) is 0 Å². The van der Waals surface area contributed by atoms with Gasteiger partial charge in [0.1, 0.15) is 0 Å². The average Bonchev–Trinajstić information content (AvgIpc) is 3.23. The molecule has 1 aliphatic carbocycles. The Balaban J connectivity index is 1.58. The zero-order valence-corrected chi connectivity index (χ0v) is 15.1. The summed E-state index contributed by atoms with van der Waals surface area (Å²) < 4.78 is 1.92. The largest absolute Gasteiger partial charge is 0.332 e. The van der Waals surface area contributed by atoms with Crippen LogP contribution in [-0.4, -0.2) is 42.3 Å². The van der Waals surface area contributed by atoms with Crippen molar-refractivity contribution in [1.82, 2.24) is 29.9 Å². The number of fused-ring (bicyclic) bond motifs is 2. The van der Waals surface area contributed by atoms with Gasteiger partial charge in [0.05, 0.1) is 35.6 Å². The minimum absolute atomic E-state index is 0.0582. The molecule has 134 valence electrons. The van der Waals surface area contributed by atoms with Gasteiger partial charge in [0.2, 0.25) is 0 Å². The number of aromatic nitrogens is 5. The van der Waals surface area contributed by atoms with Crippen molar-refractivity contribution in [1.29, 1.82) is 0 Å². The van der Waals surface area contributed by atoms with Crippen LogP contribution >= 0.6 is 0 Å². The number of pyridine rings is 1. The van der Waals surface area contributed by atoms with E-state index in [-0.39, 0.29) is 11.9 Å². The van der Waals surface area contributed by atoms with Crippen LogP contribution in [0, 0.1) is 0 Å². The molecule has 0 saturated heterocycles. The summed E-state index contributed by atoms with van der Waals surface area (Å²) in [6, 6.07) is 2.21. The third-order valence-electron chi connectivity index (χ3n) is 5.40. The first kappa shape index (κ1) is 15.5. The Morgan fingerprint density at radius 3 is 2.92 bits per heavy atom. The van der Waals surface area contributed by atoms with Crippen molar-refractivity contribution < 1.29 is 4.79 Å². The number of rotatable bonds is 3. The molecule has 0 spiro atoms. The molecule has 0 atom stereocenters. The van der Waals surface area contributed by atoms with Crippen LogP contribution in [0.15, 0.2) is 18.5 Å². The van der Waals surface area contributed by atoms with Gasteiger partial charge >= 0.3 is 0 Å². The van der Waals surface area contributed by atoms with Crippen LogP contribution in [0.3, 0.4) is 0 Å². The number of H-pyrrole nitrogens is 1. The lowest BCUT2D eigenvalue weighted by Gasteiger charge is -2.27. The van der Waals surface area contributed by atoms with Gasteiger partial charge in [0.25, 0.3) is 5.91 Å². The molecule has 7 heteroatoms. The zero-order valence-electron chi connectivity index (χ0n) is 15.1. The van der Waals surface area contributed by atoms with Crippen LogP contribution in [0.4, 0.5) is 0 Å². The van der Waals surface area contributed by atoms with Crippen molar-refractivity contribution in [3.63, 3.8) is 0 Å². The summed E-state index contributed by atoms with van der Waals surface area (Å²) >= 11 is 0. The van der Waals surface area contributed by atoms with Crippen LogP contribution in [0.2, 0.25) is 0 Å². The average molecular weight is 350 g/mol. The fraction of sp³-hybridized carbons (Fsp3) is 0.474. The maximum absolute atomic E-state index is 13.3. The second-order valence-corrected chi connectivity index (χ2v) is 7.64. The van der Waals surface area contributed by atoms with Gasteiger partial charge in [-0.05, 0) is 44.7 Å². The summed E-state index contributed by atoms with van der Waals surface area (Å²) in [5, 5.41) is 12.5. The second-order valence-electron chi connectivity index (χ2n) is 7.64. The minimum atomic E-state index is 0.0582. The van der Waals surface area contributed by atoms with E-state index >= 15 is 0 Å². The molecule has 0 unspecified atom stereocenters. The lowest BCUT2D eigenvalue weighted by molar-refractivity contribution is 0.0734. The van der Waals surface area contributed by atoms with Gasteiger partial charge in [-0.3, -0.25) is 9.89 Å². The normalized spacial score (nSPS) is 17.1. The van der Waals surface area contributed by atoms with E-state index < -0.39 is 0 Å². The van der Waals surface area contributed by atoms with Gasteiger partial charge < -0.3 is 4.90 Å². The molecule has 5 rings (SSSR count). The van der Waals surface area contributed by atoms with Crippen LogP contribution in [0.25, 0.3) is 11.0 Å². The molecule has 4 heterocycles. The molecule has 1 amide bonds. The van der Waals surface area contributed by atoms with Crippen molar-refractivity contribution in [3.8, 4) is 0 Å². The molecule has 1 aliphatic heterocycles. The van der Waals surface area contributed by atoms with E-state index in [4.69, 9.17) is 4.98 Å². The predicted molar refractivity (Wildman–Crippen MR) is 96.9 cm³/mol. The number of nitrogens with zero attached hydrogens (tertiary/aromatic N) is 5. The summed E-state index contributed by atoms with van der Waals surface area (Å²) in [6.45, 7) is 5.47. The van der Waals surface area contributed by atoms with Gasteiger partial charge in [0.15, 0.2) is 5.65 Å². The lowest BCUT2D eigenvalue weighted by Crippen LogP contribution is -2.36. The number of carbonyl (C=O) groups is 1. The Morgan fingerprint density at radius 2 is 2.15 bits per heavy atom. The van der Waals surface area contributed by atoms with Crippen LogP contribution in [-0.2, 0) is 13.0 Å². The second kappa shape index (κ2) is 5.65. The van der Waals surface area contributed by atoms with E-state index in [1.165, 1.54) is 5.56 Å². The van der Waals surface area contributed by atoms with E-state index in [2.05, 4.69) is 29.1 Å². The fourth-order valence-electron chi connectivity index (χ4n) is 3.74. The van der Waals surface area contributed by atoms with E-state index in [0.717, 1.165) is 47.2 Å². The monoisotopic (exact) mass is 350 g/mol. The standard InChI is InChI=1S/C19H22N6O/c1-11(2)25-18-15(9-21-25)14(7-16(22-18)12-3-4-12)19(26)24-6-5-13-8-20-23-17(13)10-24/h7-9,11-12H,3-6,10H2,1-2H3,(H,20,23). The van der Waals surface area contributed by atoms with Crippen molar-refractivity contribution in [3.05, 3.63) is 41.0 Å². The van der Waals surface area contributed by atoms with Crippen LogP contribution in [0.1, 0.15) is 66.0 Å². The SMILES string of the molecule is CC(C)n1ncc2c(C(=O)N3CCc4cn[nH]c4C3)cc(C3CC3)nc21. The number of hydrogen-bond acceptors (Lipinski definition) is 4. The molecular formula is C19H22N6O. The van der Waals surface area contributed by atoms with Crippen molar-refractivity contribution >= 4 is 16.9 Å². The van der Waals surface area contributed by atoms with Gasteiger partial charge in [-0.2, -0.15) is 10.2 Å². The first-order chi connectivity index (χ1) is 12.6. The van der Waals surface area contributed by atoms with E-state index in [1.807, 2.05) is 21.8 Å². The lowest BCUT2D eigenvalue weighted by atomic mass is 10.0. The summed E-state index contributed by atoms with van der Waals surface area (Å²) in [5.74, 6) is 0.546. The van der Waals surface area contributed by atoms with Crippen LogP contribution in [0.5, 0.6) is 0 Å². The predicted octanol–water partition coefficient (Wildman–Crippen LogP) is 2.81. The third kappa shape index (κ3) is 2.41. The van der Waals surface area contributed by atoms with Crippen molar-refractivity contribution in [2.45, 2.75) is 51.6 Å². The highest BCUT2D eigenvalue weighted by atomic mass is 16.2. The number of carbonyl (C=O) groups excluding carboxylic acids is 1. The Kier molecular flexibility index (Phi) is 3.38. The highest BCUT2D eigenvalue weighted by Crippen LogP contribution is 2.40. The molecule has 0 radical (unpaired) electrons.